The van der Waals surface area contributed by atoms with Gasteiger partial charge in [-0.2, -0.15) is 0 Å². The molecule has 1 rings (SSSR count). The van der Waals surface area contributed by atoms with E-state index in [1.807, 2.05) is 19.9 Å². The number of hydrogen-bond donors (Lipinski definition) is 3. The van der Waals surface area contributed by atoms with Crippen molar-refractivity contribution in [3.05, 3.63) is 23.8 Å². The second-order valence-electron chi connectivity index (χ2n) is 4.42. The molecule has 0 aliphatic rings. The van der Waals surface area contributed by atoms with Crippen molar-refractivity contribution in [2.24, 2.45) is 5.73 Å². The van der Waals surface area contributed by atoms with Gasteiger partial charge >= 0.3 is 5.97 Å². The molecule has 0 aliphatic heterocycles. The molecular formula is C13H18N2O4. The molecule has 0 aliphatic carbocycles. The van der Waals surface area contributed by atoms with Crippen LogP contribution >= 0.6 is 0 Å². The van der Waals surface area contributed by atoms with Gasteiger partial charge in [-0.3, -0.25) is 4.79 Å². The van der Waals surface area contributed by atoms with Crippen molar-refractivity contribution in [1.82, 2.24) is 0 Å². The van der Waals surface area contributed by atoms with Gasteiger partial charge in [-0.1, -0.05) is 19.9 Å². The largest absolute Gasteiger partial charge is 0.495 e. The quantitative estimate of drug-likeness (QED) is 0.694. The average molecular weight is 266 g/mol. The van der Waals surface area contributed by atoms with E-state index in [-0.39, 0.29) is 5.92 Å². The van der Waals surface area contributed by atoms with E-state index in [0.29, 0.717) is 11.4 Å². The predicted octanol–water partition coefficient (Wildman–Crippen LogP) is 1.17. The number of amides is 1. The van der Waals surface area contributed by atoms with Gasteiger partial charge in [-0.15, -0.1) is 0 Å². The molecule has 104 valence electrons. The summed E-state index contributed by atoms with van der Waals surface area (Å²) in [4.78, 5) is 22.3. The van der Waals surface area contributed by atoms with E-state index < -0.39 is 17.9 Å². The normalized spacial score (nSPS) is 12.1. The minimum Gasteiger partial charge on any atom is -0.495 e. The van der Waals surface area contributed by atoms with Gasteiger partial charge in [0, 0.05) is 0 Å². The number of carbonyl (C=O) groups is 2. The number of carbonyl (C=O) groups excluding carboxylic acids is 1. The second-order valence-corrected chi connectivity index (χ2v) is 4.42. The molecule has 0 heterocycles. The van der Waals surface area contributed by atoms with Crippen LogP contribution in [0.3, 0.4) is 0 Å². The van der Waals surface area contributed by atoms with Gasteiger partial charge < -0.3 is 20.9 Å². The molecule has 0 bridgehead atoms. The third-order valence-corrected chi connectivity index (χ3v) is 2.70. The van der Waals surface area contributed by atoms with Crippen LogP contribution in [0, 0.1) is 0 Å². The molecule has 1 amide bonds. The summed E-state index contributed by atoms with van der Waals surface area (Å²) in [6, 6.07) is 3.75. The van der Waals surface area contributed by atoms with E-state index in [1.54, 1.807) is 12.1 Å². The molecular weight excluding hydrogens is 248 g/mol. The fourth-order valence-electron chi connectivity index (χ4n) is 1.51. The molecule has 0 saturated heterocycles. The fraction of sp³-hybridized carbons (Fsp3) is 0.385. The van der Waals surface area contributed by atoms with Crippen LogP contribution < -0.4 is 15.8 Å². The monoisotopic (exact) mass is 266 g/mol. The van der Waals surface area contributed by atoms with Crippen molar-refractivity contribution in [2.45, 2.75) is 25.8 Å². The lowest BCUT2D eigenvalue weighted by Crippen LogP contribution is -2.42. The number of aliphatic carboxylic acids is 1. The molecule has 0 radical (unpaired) electrons. The van der Waals surface area contributed by atoms with E-state index in [2.05, 4.69) is 5.32 Å². The van der Waals surface area contributed by atoms with Crippen molar-refractivity contribution in [2.75, 3.05) is 12.4 Å². The molecule has 0 saturated carbocycles. The van der Waals surface area contributed by atoms with E-state index in [4.69, 9.17) is 15.6 Å². The number of hydrogen-bond acceptors (Lipinski definition) is 4. The Morgan fingerprint density at radius 3 is 2.47 bits per heavy atom. The van der Waals surface area contributed by atoms with Gasteiger partial charge in [0.05, 0.1) is 12.8 Å². The molecule has 6 heteroatoms. The zero-order valence-electron chi connectivity index (χ0n) is 11.1. The van der Waals surface area contributed by atoms with Gasteiger partial charge in [-0.05, 0) is 23.6 Å². The summed E-state index contributed by atoms with van der Waals surface area (Å²) in [6.07, 6.45) is 0. The first-order valence-corrected chi connectivity index (χ1v) is 5.84. The Labute approximate surface area is 111 Å². The molecule has 4 N–H and O–H groups in total. The summed E-state index contributed by atoms with van der Waals surface area (Å²) in [5, 5.41) is 11.2. The number of anilines is 1. The number of benzene rings is 1. The minimum absolute atomic E-state index is 0.273. The smallest absolute Gasteiger partial charge is 0.330 e. The van der Waals surface area contributed by atoms with E-state index in [1.165, 1.54) is 7.11 Å². The summed E-state index contributed by atoms with van der Waals surface area (Å²) in [5.41, 5.74) is 6.66. The number of methoxy groups -OCH3 is 1. The second kappa shape index (κ2) is 6.19. The highest BCUT2D eigenvalue weighted by Gasteiger charge is 2.22. The summed E-state index contributed by atoms with van der Waals surface area (Å²) in [6.45, 7) is 4.02. The highest BCUT2D eigenvalue weighted by Crippen LogP contribution is 2.28. The van der Waals surface area contributed by atoms with Crippen LogP contribution in [-0.2, 0) is 9.59 Å². The van der Waals surface area contributed by atoms with Crippen LogP contribution in [0.2, 0.25) is 0 Å². The van der Waals surface area contributed by atoms with Crippen LogP contribution in [0.15, 0.2) is 18.2 Å². The molecule has 6 nitrogen and oxygen atoms in total. The number of rotatable bonds is 5. The van der Waals surface area contributed by atoms with E-state index in [0.717, 1.165) is 5.56 Å². The van der Waals surface area contributed by atoms with Crippen LogP contribution in [0.1, 0.15) is 25.3 Å². The SMILES string of the molecule is COc1ccc(C(C)C)cc1NC(=O)C(N)C(=O)O. The van der Waals surface area contributed by atoms with Crippen LogP contribution in [0.25, 0.3) is 0 Å². The summed E-state index contributed by atoms with van der Waals surface area (Å²) < 4.78 is 5.12. The molecule has 1 aromatic rings. The lowest BCUT2D eigenvalue weighted by atomic mass is 10.0. The van der Waals surface area contributed by atoms with Crippen LogP contribution in [0.5, 0.6) is 5.75 Å². The maximum absolute atomic E-state index is 11.6. The summed E-state index contributed by atoms with van der Waals surface area (Å²) in [7, 11) is 1.47. The Hall–Kier alpha value is -2.08. The Morgan fingerprint density at radius 1 is 1.37 bits per heavy atom. The molecule has 1 unspecified atom stereocenters. The highest BCUT2D eigenvalue weighted by atomic mass is 16.5. The lowest BCUT2D eigenvalue weighted by Gasteiger charge is -2.14. The summed E-state index contributed by atoms with van der Waals surface area (Å²) in [5.74, 6) is -1.44. The minimum atomic E-state index is -1.60. The van der Waals surface area contributed by atoms with Crippen molar-refractivity contribution in [1.29, 1.82) is 0 Å². The summed E-state index contributed by atoms with van der Waals surface area (Å²) >= 11 is 0. The van der Waals surface area contributed by atoms with Crippen molar-refractivity contribution in [3.63, 3.8) is 0 Å². The predicted molar refractivity (Wildman–Crippen MR) is 71.3 cm³/mol. The van der Waals surface area contributed by atoms with Gasteiger partial charge in [0.25, 0.3) is 5.91 Å². The average Bonchev–Trinajstić information content (AvgIpc) is 2.37. The van der Waals surface area contributed by atoms with Gasteiger partial charge in [-0.25, -0.2) is 4.79 Å². The zero-order chi connectivity index (χ0) is 14.6. The molecule has 1 atom stereocenters. The Morgan fingerprint density at radius 2 is 2.00 bits per heavy atom. The first-order valence-electron chi connectivity index (χ1n) is 5.84. The van der Waals surface area contributed by atoms with Crippen molar-refractivity contribution < 1.29 is 19.4 Å². The maximum Gasteiger partial charge on any atom is 0.330 e. The van der Waals surface area contributed by atoms with Gasteiger partial charge in [0.1, 0.15) is 5.75 Å². The molecule has 1 aromatic carbocycles. The van der Waals surface area contributed by atoms with E-state index in [9.17, 15) is 9.59 Å². The number of nitrogens with two attached hydrogens (primary N) is 1. The topological polar surface area (TPSA) is 102 Å². The number of nitrogens with one attached hydrogen (secondary N) is 1. The number of carboxylic acid groups (broad SMARTS) is 1. The molecule has 0 aromatic heterocycles. The molecule has 0 spiro atoms. The first kappa shape index (κ1) is 15.0. The third-order valence-electron chi connectivity index (χ3n) is 2.70. The number of ether oxygens (including phenoxy) is 1. The first-order chi connectivity index (χ1) is 8.86. The highest BCUT2D eigenvalue weighted by molar-refractivity contribution is 6.08. The Balaban J connectivity index is 3.01. The Bertz CT molecular complexity index is 486. The van der Waals surface area contributed by atoms with Crippen LogP contribution in [-0.4, -0.2) is 30.1 Å². The van der Waals surface area contributed by atoms with E-state index >= 15 is 0 Å². The Kier molecular flexibility index (Phi) is 4.88. The third kappa shape index (κ3) is 3.69. The fourth-order valence-corrected chi connectivity index (χ4v) is 1.51. The maximum atomic E-state index is 11.6. The van der Waals surface area contributed by atoms with Crippen LogP contribution in [0.4, 0.5) is 5.69 Å². The van der Waals surface area contributed by atoms with Crippen molar-refractivity contribution in [3.8, 4) is 5.75 Å². The van der Waals surface area contributed by atoms with Crippen molar-refractivity contribution >= 4 is 17.6 Å². The molecule has 19 heavy (non-hydrogen) atoms. The molecule has 0 fully saturated rings. The van der Waals surface area contributed by atoms with Gasteiger partial charge in [0.2, 0.25) is 0 Å². The number of carboxylic acids is 1. The zero-order valence-corrected chi connectivity index (χ0v) is 11.1. The van der Waals surface area contributed by atoms with Gasteiger partial charge in [0.15, 0.2) is 6.04 Å². The standard InChI is InChI=1S/C13H18N2O4/c1-7(2)8-4-5-10(19-3)9(6-8)15-12(16)11(14)13(17)18/h4-7,11H,14H2,1-3H3,(H,15,16)(H,17,18). The lowest BCUT2D eigenvalue weighted by molar-refractivity contribution is -0.141.